The second-order valence-corrected chi connectivity index (χ2v) is 4.13. The molecule has 1 rings (SSSR count). The third kappa shape index (κ3) is 2.30. The first-order chi connectivity index (χ1) is 6.43. The first-order valence-electron chi connectivity index (χ1n) is 3.65. The molecule has 1 aromatic rings. The molecule has 0 saturated carbocycles. The van der Waals surface area contributed by atoms with Crippen molar-refractivity contribution in [1.82, 2.24) is 0 Å². The Morgan fingerprint density at radius 2 is 1.79 bits per heavy atom. The van der Waals surface area contributed by atoms with Crippen LogP contribution in [0.5, 0.6) is 0 Å². The Bertz CT molecular complexity index is 422. The van der Waals surface area contributed by atoms with Gasteiger partial charge in [0.25, 0.3) is 10.1 Å². The maximum absolute atomic E-state index is 10.7. The minimum absolute atomic E-state index is 0.0324. The van der Waals surface area contributed by atoms with Crippen LogP contribution < -0.4 is 5.11 Å². The minimum Gasteiger partial charge on any atom is -0.548 e. The summed E-state index contributed by atoms with van der Waals surface area (Å²) in [6.45, 7) is 0. The summed E-state index contributed by atoms with van der Waals surface area (Å²) in [7, 11) is -4.68. The van der Waals surface area contributed by atoms with E-state index in [1.54, 1.807) is 6.07 Å². The fourth-order valence-corrected chi connectivity index (χ4v) is 1.80. The lowest BCUT2D eigenvalue weighted by atomic mass is 10.1. The molecule has 76 valence electrons. The molecule has 1 unspecified atom stereocenters. The lowest BCUT2D eigenvalue weighted by Crippen LogP contribution is -2.34. The average molecular weight is 215 g/mol. The van der Waals surface area contributed by atoms with Gasteiger partial charge in [-0.05, 0) is 5.56 Å². The molecule has 1 N–H and O–H groups in total. The van der Waals surface area contributed by atoms with Crippen LogP contribution in [0.25, 0.3) is 0 Å². The number of carbonyl (C=O) groups is 1. The molecule has 0 aliphatic carbocycles. The number of aliphatic carboxylic acids is 1. The lowest BCUT2D eigenvalue weighted by molar-refractivity contribution is -0.305. The van der Waals surface area contributed by atoms with Gasteiger partial charge in [0.1, 0.15) is 0 Å². The Balaban J connectivity index is 3.22. The van der Waals surface area contributed by atoms with E-state index in [4.69, 9.17) is 4.55 Å². The van der Waals surface area contributed by atoms with E-state index in [9.17, 15) is 18.3 Å². The molecule has 0 amide bonds. The number of carboxylic acid groups (broad SMARTS) is 1. The second kappa shape index (κ2) is 3.77. The van der Waals surface area contributed by atoms with E-state index in [-0.39, 0.29) is 5.56 Å². The number of carbonyl (C=O) groups excluding carboxylic acids is 1. The van der Waals surface area contributed by atoms with Gasteiger partial charge in [0.15, 0.2) is 5.25 Å². The van der Waals surface area contributed by atoms with Gasteiger partial charge in [-0.1, -0.05) is 30.3 Å². The molecule has 6 heteroatoms. The van der Waals surface area contributed by atoms with Crippen molar-refractivity contribution < 1.29 is 22.9 Å². The highest BCUT2D eigenvalue weighted by Crippen LogP contribution is 2.19. The molecule has 0 bridgehead atoms. The van der Waals surface area contributed by atoms with Gasteiger partial charge in [0.05, 0.1) is 5.97 Å². The Morgan fingerprint density at radius 3 is 2.14 bits per heavy atom. The monoisotopic (exact) mass is 215 g/mol. The predicted molar refractivity (Wildman–Crippen MR) is 45.7 cm³/mol. The van der Waals surface area contributed by atoms with E-state index in [0.717, 1.165) is 0 Å². The van der Waals surface area contributed by atoms with E-state index in [0.29, 0.717) is 0 Å². The van der Waals surface area contributed by atoms with Crippen molar-refractivity contribution >= 4 is 16.1 Å². The highest BCUT2D eigenvalue weighted by Gasteiger charge is 2.25. The molecule has 0 aliphatic rings. The Kier molecular flexibility index (Phi) is 2.87. The van der Waals surface area contributed by atoms with Crippen LogP contribution in [0.15, 0.2) is 30.3 Å². The van der Waals surface area contributed by atoms with Crippen molar-refractivity contribution in [2.75, 3.05) is 0 Å². The number of hydrogen-bond donors (Lipinski definition) is 1. The van der Waals surface area contributed by atoms with Crippen molar-refractivity contribution in [3.8, 4) is 0 Å². The van der Waals surface area contributed by atoms with Gasteiger partial charge < -0.3 is 9.90 Å². The van der Waals surface area contributed by atoms with Crippen LogP contribution >= 0.6 is 0 Å². The van der Waals surface area contributed by atoms with E-state index in [2.05, 4.69) is 0 Å². The first kappa shape index (κ1) is 10.7. The van der Waals surface area contributed by atoms with Crippen LogP contribution in [0.4, 0.5) is 0 Å². The summed E-state index contributed by atoms with van der Waals surface area (Å²) in [6.07, 6.45) is 0. The molecule has 1 atom stereocenters. The Labute approximate surface area is 80.7 Å². The van der Waals surface area contributed by atoms with Crippen LogP contribution in [-0.2, 0) is 14.9 Å². The fourth-order valence-electron chi connectivity index (χ4n) is 1.06. The predicted octanol–water partition coefficient (Wildman–Crippen LogP) is -0.635. The van der Waals surface area contributed by atoms with Crippen molar-refractivity contribution in [2.24, 2.45) is 0 Å². The first-order valence-corrected chi connectivity index (χ1v) is 5.15. The maximum atomic E-state index is 10.7. The molecule has 0 fully saturated rings. The molecule has 5 nitrogen and oxygen atoms in total. The minimum atomic E-state index is -4.68. The van der Waals surface area contributed by atoms with Crippen LogP contribution in [-0.4, -0.2) is 18.9 Å². The largest absolute Gasteiger partial charge is 0.548 e. The summed E-state index contributed by atoms with van der Waals surface area (Å²) in [4.78, 5) is 10.5. The highest BCUT2D eigenvalue weighted by atomic mass is 32.2. The number of benzene rings is 1. The molecular formula is C8H7O5S-. The zero-order valence-corrected chi connectivity index (χ0v) is 7.77. The molecular weight excluding hydrogens is 208 g/mol. The molecule has 0 heterocycles. The smallest absolute Gasteiger partial charge is 0.277 e. The van der Waals surface area contributed by atoms with Gasteiger partial charge >= 0.3 is 0 Å². The van der Waals surface area contributed by atoms with Gasteiger partial charge in [-0.2, -0.15) is 8.42 Å². The number of rotatable bonds is 3. The maximum Gasteiger partial charge on any atom is 0.277 e. The van der Waals surface area contributed by atoms with E-state index in [1.807, 2.05) is 0 Å². The topological polar surface area (TPSA) is 94.5 Å². The van der Waals surface area contributed by atoms with E-state index in [1.165, 1.54) is 24.3 Å². The van der Waals surface area contributed by atoms with Crippen molar-refractivity contribution in [1.29, 1.82) is 0 Å². The summed E-state index contributed by atoms with van der Waals surface area (Å²) in [6, 6.07) is 7.11. The van der Waals surface area contributed by atoms with Crippen LogP contribution in [0.3, 0.4) is 0 Å². The fraction of sp³-hybridized carbons (Fsp3) is 0.125. The molecule has 0 saturated heterocycles. The zero-order chi connectivity index (χ0) is 10.8. The summed E-state index contributed by atoms with van der Waals surface area (Å²) >= 11 is 0. The van der Waals surface area contributed by atoms with Gasteiger partial charge in [-0.3, -0.25) is 4.55 Å². The van der Waals surface area contributed by atoms with E-state index < -0.39 is 21.3 Å². The summed E-state index contributed by atoms with van der Waals surface area (Å²) < 4.78 is 30.1. The number of hydrogen-bond acceptors (Lipinski definition) is 4. The van der Waals surface area contributed by atoms with Crippen LogP contribution in [0, 0.1) is 0 Å². The van der Waals surface area contributed by atoms with Gasteiger partial charge in [0.2, 0.25) is 0 Å². The van der Waals surface area contributed by atoms with E-state index >= 15 is 0 Å². The SMILES string of the molecule is O=C([O-])C(c1ccccc1)S(=O)(=O)O. The normalized spacial score (nSPS) is 13.5. The van der Waals surface area contributed by atoms with Gasteiger partial charge in [-0.15, -0.1) is 0 Å². The van der Waals surface area contributed by atoms with Gasteiger partial charge in [0, 0.05) is 0 Å². The average Bonchev–Trinajstić information content (AvgIpc) is 2.02. The molecule has 0 aromatic heterocycles. The molecule has 1 aromatic carbocycles. The third-order valence-electron chi connectivity index (χ3n) is 1.61. The highest BCUT2D eigenvalue weighted by molar-refractivity contribution is 7.86. The lowest BCUT2D eigenvalue weighted by Gasteiger charge is -2.14. The number of carboxylic acids is 1. The van der Waals surface area contributed by atoms with Crippen LogP contribution in [0.2, 0.25) is 0 Å². The van der Waals surface area contributed by atoms with Crippen LogP contribution in [0.1, 0.15) is 10.8 Å². The zero-order valence-electron chi connectivity index (χ0n) is 6.95. The molecule has 0 spiro atoms. The molecule has 0 aliphatic heterocycles. The Morgan fingerprint density at radius 1 is 1.29 bits per heavy atom. The summed E-state index contributed by atoms with van der Waals surface area (Å²) in [5, 5.41) is 8.47. The molecule has 14 heavy (non-hydrogen) atoms. The summed E-state index contributed by atoms with van der Waals surface area (Å²) in [5.41, 5.74) is -0.0324. The van der Waals surface area contributed by atoms with Gasteiger partial charge in [-0.25, -0.2) is 0 Å². The standard InChI is InChI=1S/C8H8O5S/c9-8(10)7(14(11,12)13)6-4-2-1-3-5-6/h1-5,7H,(H,9,10)(H,11,12,13)/p-1. The Hall–Kier alpha value is -1.40. The van der Waals surface area contributed by atoms with Crippen molar-refractivity contribution in [2.45, 2.75) is 5.25 Å². The third-order valence-corrected chi connectivity index (χ3v) is 2.67. The summed E-state index contributed by atoms with van der Waals surface area (Å²) in [5.74, 6) is -1.85. The molecule has 0 radical (unpaired) electrons. The second-order valence-electron chi connectivity index (χ2n) is 2.62. The van der Waals surface area contributed by atoms with Crippen molar-refractivity contribution in [3.05, 3.63) is 35.9 Å². The quantitative estimate of drug-likeness (QED) is 0.677. The van der Waals surface area contributed by atoms with Crippen molar-refractivity contribution in [3.63, 3.8) is 0 Å².